The minimum Gasteiger partial charge on any atom is -0.451 e. The summed E-state index contributed by atoms with van der Waals surface area (Å²) in [5.41, 5.74) is -0.159. The van der Waals surface area contributed by atoms with Gasteiger partial charge in [-0.1, -0.05) is 43.6 Å². The number of non-ortho nitro benzene ring substituents is 1. The quantitative estimate of drug-likeness (QED) is 0.316. The molecule has 12 heteroatoms. The Hall–Kier alpha value is -3.02. The predicted octanol–water partition coefficient (Wildman–Crippen LogP) is 3.12. The van der Waals surface area contributed by atoms with Crippen LogP contribution in [0, 0.1) is 16.0 Å². The number of nitrogens with zero attached hydrogens (tertiary/aromatic N) is 1. The zero-order valence-corrected chi connectivity index (χ0v) is 19.0. The second-order valence-corrected chi connectivity index (χ2v) is 9.27. The number of hydrogen-bond donors (Lipinski definition) is 2. The molecule has 0 aliphatic heterocycles. The molecule has 0 fully saturated rings. The number of esters is 1. The summed E-state index contributed by atoms with van der Waals surface area (Å²) >= 11 is 5.95. The number of nitro benzene ring substituents is 1. The van der Waals surface area contributed by atoms with E-state index in [0.717, 1.165) is 12.1 Å². The number of benzene rings is 2. The highest BCUT2D eigenvalue weighted by Gasteiger charge is 2.32. The molecule has 10 nitrogen and oxygen atoms in total. The number of ether oxygens (including phenoxy) is 1. The lowest BCUT2D eigenvalue weighted by Gasteiger charge is -2.23. The molecular weight excluding hydrogens is 462 g/mol. The number of carbonyl (C=O) groups excluding carboxylic acids is 2. The lowest BCUT2D eigenvalue weighted by Crippen LogP contribution is -2.47. The number of hydrogen-bond acceptors (Lipinski definition) is 7. The smallest absolute Gasteiger partial charge is 0.325 e. The van der Waals surface area contributed by atoms with Crippen LogP contribution in [-0.2, 0) is 24.3 Å². The van der Waals surface area contributed by atoms with Crippen LogP contribution in [0.3, 0.4) is 0 Å². The van der Waals surface area contributed by atoms with Crippen LogP contribution in [0.25, 0.3) is 0 Å². The predicted molar refractivity (Wildman–Crippen MR) is 118 cm³/mol. The molecule has 0 saturated heterocycles. The standard InChI is InChI=1S/C20H22ClN3O7S/c1-12(2)18(23-32(29,30)15-7-5-4-6-8-15)20(26)31-13(3)19(25)22-17-10-9-14(24(27)28)11-16(17)21/h4-13,18,23H,1-3H3,(H,22,25)/t13-,18-/m1/s1. The molecule has 1 amide bonds. The maximum atomic E-state index is 12.6. The van der Waals surface area contributed by atoms with Gasteiger partial charge < -0.3 is 10.1 Å². The Morgan fingerprint density at radius 2 is 1.72 bits per heavy atom. The molecule has 2 N–H and O–H groups in total. The van der Waals surface area contributed by atoms with Gasteiger partial charge in [-0.05, 0) is 31.0 Å². The Morgan fingerprint density at radius 3 is 2.25 bits per heavy atom. The van der Waals surface area contributed by atoms with Crippen LogP contribution in [0.15, 0.2) is 53.4 Å². The van der Waals surface area contributed by atoms with E-state index in [0.29, 0.717) is 0 Å². The number of nitrogens with one attached hydrogen (secondary N) is 2. The Kier molecular flexibility index (Phi) is 8.31. The summed E-state index contributed by atoms with van der Waals surface area (Å²) in [6, 6.07) is 9.76. The first kappa shape index (κ1) is 25.2. The number of sulfonamides is 1. The number of anilines is 1. The van der Waals surface area contributed by atoms with Gasteiger partial charge in [-0.3, -0.25) is 19.7 Å². The van der Waals surface area contributed by atoms with Crippen molar-refractivity contribution < 1.29 is 27.7 Å². The van der Waals surface area contributed by atoms with Gasteiger partial charge in [0.15, 0.2) is 6.10 Å². The van der Waals surface area contributed by atoms with Crippen LogP contribution in [0.5, 0.6) is 0 Å². The molecule has 0 aliphatic rings. The third-order valence-corrected chi connectivity index (χ3v) is 6.11. The fraction of sp³-hybridized carbons (Fsp3) is 0.300. The van der Waals surface area contributed by atoms with Gasteiger partial charge >= 0.3 is 5.97 Å². The topological polar surface area (TPSA) is 145 Å². The van der Waals surface area contributed by atoms with Crippen molar-refractivity contribution in [3.8, 4) is 0 Å². The summed E-state index contributed by atoms with van der Waals surface area (Å²) < 4.78 is 32.6. The summed E-state index contributed by atoms with van der Waals surface area (Å²) in [6.07, 6.45) is -1.30. The van der Waals surface area contributed by atoms with E-state index in [1.54, 1.807) is 32.0 Å². The Labute approximate surface area is 190 Å². The summed E-state index contributed by atoms with van der Waals surface area (Å²) in [4.78, 5) is 35.1. The number of amides is 1. The SMILES string of the molecule is CC(C)[C@@H](NS(=O)(=O)c1ccccc1)C(=O)O[C@H](C)C(=O)Nc1ccc([N+](=O)[O-])cc1Cl. The molecule has 2 atom stereocenters. The van der Waals surface area contributed by atoms with E-state index >= 15 is 0 Å². The third kappa shape index (κ3) is 6.49. The van der Waals surface area contributed by atoms with Gasteiger partial charge in [-0.15, -0.1) is 0 Å². The van der Waals surface area contributed by atoms with Crippen LogP contribution < -0.4 is 10.0 Å². The molecule has 0 aromatic heterocycles. The van der Waals surface area contributed by atoms with E-state index in [2.05, 4.69) is 10.0 Å². The minimum atomic E-state index is -3.99. The highest BCUT2D eigenvalue weighted by atomic mass is 35.5. The van der Waals surface area contributed by atoms with Gasteiger partial charge in [0.05, 0.1) is 20.5 Å². The molecule has 0 bridgehead atoms. The van der Waals surface area contributed by atoms with Gasteiger partial charge in [0.25, 0.3) is 11.6 Å². The summed E-state index contributed by atoms with van der Waals surface area (Å²) in [7, 11) is -3.99. The van der Waals surface area contributed by atoms with E-state index in [-0.39, 0.29) is 21.3 Å². The highest BCUT2D eigenvalue weighted by Crippen LogP contribution is 2.27. The molecule has 2 aromatic rings. The van der Waals surface area contributed by atoms with Crippen molar-refractivity contribution in [3.05, 3.63) is 63.7 Å². The fourth-order valence-electron chi connectivity index (χ4n) is 2.55. The first-order valence-electron chi connectivity index (χ1n) is 9.45. The molecule has 2 aromatic carbocycles. The average Bonchev–Trinajstić information content (AvgIpc) is 2.73. The van der Waals surface area contributed by atoms with Crippen molar-refractivity contribution in [2.75, 3.05) is 5.32 Å². The molecule has 0 aliphatic carbocycles. The molecule has 2 rings (SSSR count). The maximum absolute atomic E-state index is 12.6. The van der Waals surface area contributed by atoms with Crippen LogP contribution in [0.1, 0.15) is 20.8 Å². The third-order valence-electron chi connectivity index (χ3n) is 4.34. The summed E-state index contributed by atoms with van der Waals surface area (Å²) in [5, 5.41) is 13.1. The molecule has 0 unspecified atom stereocenters. The van der Waals surface area contributed by atoms with Crippen molar-refractivity contribution >= 4 is 44.9 Å². The van der Waals surface area contributed by atoms with Crippen molar-refractivity contribution in [2.24, 2.45) is 5.92 Å². The zero-order chi connectivity index (χ0) is 24.1. The number of halogens is 1. The van der Waals surface area contributed by atoms with Gasteiger partial charge in [0, 0.05) is 12.1 Å². The second kappa shape index (κ2) is 10.5. The van der Waals surface area contributed by atoms with Crippen LogP contribution >= 0.6 is 11.6 Å². The molecule has 0 spiro atoms. The Balaban J connectivity index is 2.08. The normalized spacial score (nSPS) is 13.3. The average molecular weight is 484 g/mol. The van der Waals surface area contributed by atoms with Crippen LogP contribution in [0.4, 0.5) is 11.4 Å². The second-order valence-electron chi connectivity index (χ2n) is 7.15. The fourth-order valence-corrected chi connectivity index (χ4v) is 4.12. The van der Waals surface area contributed by atoms with Gasteiger partial charge in [0.2, 0.25) is 10.0 Å². The van der Waals surface area contributed by atoms with Gasteiger partial charge in [0.1, 0.15) is 6.04 Å². The van der Waals surface area contributed by atoms with Crippen molar-refractivity contribution in [2.45, 2.75) is 37.8 Å². The van der Waals surface area contributed by atoms with Crippen molar-refractivity contribution in [3.63, 3.8) is 0 Å². The van der Waals surface area contributed by atoms with Crippen molar-refractivity contribution in [1.29, 1.82) is 0 Å². The zero-order valence-electron chi connectivity index (χ0n) is 17.4. The Bertz CT molecular complexity index is 1110. The highest BCUT2D eigenvalue weighted by molar-refractivity contribution is 7.89. The lowest BCUT2D eigenvalue weighted by atomic mass is 10.1. The first-order chi connectivity index (χ1) is 14.9. The monoisotopic (exact) mass is 483 g/mol. The number of nitro groups is 1. The molecule has 172 valence electrons. The molecule has 0 radical (unpaired) electrons. The van der Waals surface area contributed by atoms with Gasteiger partial charge in [-0.2, -0.15) is 4.72 Å². The van der Waals surface area contributed by atoms with E-state index in [4.69, 9.17) is 16.3 Å². The van der Waals surface area contributed by atoms with Crippen LogP contribution in [-0.4, -0.2) is 37.4 Å². The first-order valence-corrected chi connectivity index (χ1v) is 11.3. The summed E-state index contributed by atoms with van der Waals surface area (Å²) in [5.74, 6) is -2.15. The van der Waals surface area contributed by atoms with E-state index in [9.17, 15) is 28.1 Å². The minimum absolute atomic E-state index is 0.0166. The largest absolute Gasteiger partial charge is 0.451 e. The van der Waals surface area contributed by atoms with Crippen molar-refractivity contribution in [1.82, 2.24) is 4.72 Å². The molecule has 0 saturated carbocycles. The number of rotatable bonds is 9. The van der Waals surface area contributed by atoms with E-state index in [1.165, 1.54) is 25.1 Å². The van der Waals surface area contributed by atoms with E-state index < -0.39 is 44.9 Å². The molecular formula is C20H22ClN3O7S. The molecule has 0 heterocycles. The van der Waals surface area contributed by atoms with Gasteiger partial charge in [-0.25, -0.2) is 8.42 Å². The molecule has 32 heavy (non-hydrogen) atoms. The van der Waals surface area contributed by atoms with Crippen LogP contribution in [0.2, 0.25) is 5.02 Å². The Morgan fingerprint density at radius 1 is 1.09 bits per heavy atom. The summed E-state index contributed by atoms with van der Waals surface area (Å²) in [6.45, 7) is 4.55. The maximum Gasteiger partial charge on any atom is 0.325 e. The number of carbonyl (C=O) groups is 2. The lowest BCUT2D eigenvalue weighted by molar-refractivity contribution is -0.384. The van der Waals surface area contributed by atoms with E-state index in [1.807, 2.05) is 0 Å².